The number of hydrogen-bond donors (Lipinski definition) is 2. The van der Waals surface area contributed by atoms with E-state index in [2.05, 4.69) is 28.2 Å². The average Bonchev–Trinajstić information content (AvgIpc) is 2.55. The number of anilines is 1. The van der Waals surface area contributed by atoms with Crippen molar-refractivity contribution in [2.75, 3.05) is 25.0 Å². The lowest BCUT2D eigenvalue weighted by atomic mass is 9.76. The van der Waals surface area contributed by atoms with E-state index in [9.17, 15) is 0 Å². The molecule has 0 amide bonds. The van der Waals surface area contributed by atoms with Gasteiger partial charge >= 0.3 is 0 Å². The Labute approximate surface area is 142 Å². The van der Waals surface area contributed by atoms with Gasteiger partial charge in [0.05, 0.1) is 0 Å². The molecular formula is C17H22ClN3S. The van der Waals surface area contributed by atoms with Crippen molar-refractivity contribution in [3.8, 4) is 0 Å². The number of hydrogen-bond acceptors (Lipinski definition) is 2. The summed E-state index contributed by atoms with van der Waals surface area (Å²) in [5.74, 6) is 1.47. The smallest absolute Gasteiger partial charge is 0.170 e. The maximum absolute atomic E-state index is 5.88. The molecule has 0 aromatic heterocycles. The maximum Gasteiger partial charge on any atom is 0.170 e. The number of fused-ring (bicyclic) bond motifs is 3. The first kappa shape index (κ1) is 15.8. The molecule has 3 aliphatic heterocycles. The van der Waals surface area contributed by atoms with E-state index >= 15 is 0 Å². The van der Waals surface area contributed by atoms with Gasteiger partial charge in [-0.2, -0.15) is 0 Å². The molecule has 4 atom stereocenters. The molecule has 2 bridgehead atoms. The van der Waals surface area contributed by atoms with E-state index in [4.69, 9.17) is 23.8 Å². The largest absolute Gasteiger partial charge is 0.361 e. The summed E-state index contributed by atoms with van der Waals surface area (Å²) in [6.45, 7) is 7.23. The Morgan fingerprint density at radius 3 is 2.82 bits per heavy atom. The third-order valence-electron chi connectivity index (χ3n) is 4.83. The van der Waals surface area contributed by atoms with Gasteiger partial charge in [0.1, 0.15) is 0 Å². The van der Waals surface area contributed by atoms with Crippen molar-refractivity contribution in [3.63, 3.8) is 0 Å². The SMILES string of the molecule is C=C[C@H]1CN2CC[C@H]1C[C@@H]2CNC(=S)Nc1ccc(Cl)cc1. The summed E-state index contributed by atoms with van der Waals surface area (Å²) in [5, 5.41) is 7.95. The van der Waals surface area contributed by atoms with Crippen LogP contribution >= 0.6 is 23.8 Å². The van der Waals surface area contributed by atoms with E-state index in [-0.39, 0.29) is 0 Å². The van der Waals surface area contributed by atoms with Crippen LogP contribution in [0, 0.1) is 11.8 Å². The first-order valence-corrected chi connectivity index (χ1v) is 8.61. The Bertz CT molecular complexity index is 545. The van der Waals surface area contributed by atoms with E-state index in [0.717, 1.165) is 29.7 Å². The number of halogens is 1. The standard InChI is InChI=1S/C17H22ClN3S/c1-2-12-11-21-8-7-13(12)9-16(21)10-19-17(22)20-15-5-3-14(18)4-6-15/h2-6,12-13,16H,1,7-11H2,(H2,19,20,22)/t12-,13-,16+/m0/s1. The fourth-order valence-corrected chi connectivity index (χ4v) is 3.91. The molecule has 2 N–H and O–H groups in total. The molecule has 1 aromatic carbocycles. The van der Waals surface area contributed by atoms with Crippen molar-refractivity contribution >= 4 is 34.6 Å². The normalized spacial score (nSPS) is 29.9. The second kappa shape index (κ2) is 6.99. The van der Waals surface area contributed by atoms with Gasteiger partial charge in [0.25, 0.3) is 0 Å². The molecule has 3 fully saturated rings. The van der Waals surface area contributed by atoms with Gasteiger partial charge in [-0.15, -0.1) is 6.58 Å². The monoisotopic (exact) mass is 335 g/mol. The minimum absolute atomic E-state index is 0.583. The van der Waals surface area contributed by atoms with Crippen LogP contribution in [0.4, 0.5) is 5.69 Å². The summed E-state index contributed by atoms with van der Waals surface area (Å²) in [6, 6.07) is 8.15. The van der Waals surface area contributed by atoms with E-state index in [1.54, 1.807) is 0 Å². The number of benzene rings is 1. The van der Waals surface area contributed by atoms with Crippen molar-refractivity contribution in [1.82, 2.24) is 10.2 Å². The van der Waals surface area contributed by atoms with Crippen molar-refractivity contribution in [2.45, 2.75) is 18.9 Å². The molecule has 0 aliphatic carbocycles. The van der Waals surface area contributed by atoms with Crippen LogP contribution < -0.4 is 10.6 Å². The number of piperidine rings is 3. The minimum atomic E-state index is 0.583. The topological polar surface area (TPSA) is 27.3 Å². The Morgan fingerprint density at radius 2 is 2.18 bits per heavy atom. The second-order valence-corrected chi connectivity index (χ2v) is 7.02. The van der Waals surface area contributed by atoms with Crippen LogP contribution in [-0.2, 0) is 0 Å². The first-order valence-electron chi connectivity index (χ1n) is 7.82. The Kier molecular flexibility index (Phi) is 5.01. The molecule has 118 valence electrons. The first-order chi connectivity index (χ1) is 10.7. The maximum atomic E-state index is 5.88. The summed E-state index contributed by atoms with van der Waals surface area (Å²) in [5.41, 5.74) is 0.957. The second-order valence-electron chi connectivity index (χ2n) is 6.17. The summed E-state index contributed by atoms with van der Waals surface area (Å²) < 4.78 is 0. The van der Waals surface area contributed by atoms with E-state index in [1.807, 2.05) is 24.3 Å². The van der Waals surface area contributed by atoms with Crippen LogP contribution in [0.2, 0.25) is 5.02 Å². The third kappa shape index (κ3) is 3.62. The molecule has 5 heteroatoms. The van der Waals surface area contributed by atoms with Gasteiger partial charge in [0.15, 0.2) is 5.11 Å². The van der Waals surface area contributed by atoms with Crippen molar-refractivity contribution in [1.29, 1.82) is 0 Å². The lowest BCUT2D eigenvalue weighted by Gasteiger charge is -2.49. The van der Waals surface area contributed by atoms with Gasteiger partial charge in [-0.05, 0) is 67.7 Å². The van der Waals surface area contributed by atoms with Gasteiger partial charge in [-0.1, -0.05) is 17.7 Å². The average molecular weight is 336 g/mol. The molecule has 0 spiro atoms. The zero-order valence-corrected chi connectivity index (χ0v) is 14.2. The lowest BCUT2D eigenvalue weighted by molar-refractivity contribution is 0.0215. The fourth-order valence-electron chi connectivity index (χ4n) is 3.58. The van der Waals surface area contributed by atoms with Crippen LogP contribution in [0.1, 0.15) is 12.8 Å². The van der Waals surface area contributed by atoms with Gasteiger partial charge < -0.3 is 10.6 Å². The molecule has 3 nitrogen and oxygen atoms in total. The van der Waals surface area contributed by atoms with Gasteiger partial charge in [0.2, 0.25) is 0 Å². The molecule has 1 unspecified atom stereocenters. The molecule has 4 rings (SSSR count). The Morgan fingerprint density at radius 1 is 1.41 bits per heavy atom. The molecule has 0 radical (unpaired) electrons. The predicted molar refractivity (Wildman–Crippen MR) is 97.4 cm³/mol. The zero-order valence-electron chi connectivity index (χ0n) is 12.6. The Hall–Kier alpha value is -1.10. The highest BCUT2D eigenvalue weighted by molar-refractivity contribution is 7.80. The number of nitrogens with one attached hydrogen (secondary N) is 2. The van der Waals surface area contributed by atoms with E-state index in [0.29, 0.717) is 17.1 Å². The van der Waals surface area contributed by atoms with Crippen molar-refractivity contribution in [2.24, 2.45) is 11.8 Å². The molecule has 3 aliphatic rings. The summed E-state index contributed by atoms with van der Waals surface area (Å²) >= 11 is 11.3. The molecule has 0 saturated carbocycles. The fraction of sp³-hybridized carbons (Fsp3) is 0.471. The summed E-state index contributed by atoms with van der Waals surface area (Å²) in [7, 11) is 0. The highest BCUT2D eigenvalue weighted by Crippen LogP contribution is 2.36. The van der Waals surface area contributed by atoms with Crippen LogP contribution in [-0.4, -0.2) is 35.7 Å². The van der Waals surface area contributed by atoms with Gasteiger partial charge in [-0.3, -0.25) is 4.90 Å². The highest BCUT2D eigenvalue weighted by atomic mass is 35.5. The van der Waals surface area contributed by atoms with E-state index < -0.39 is 0 Å². The van der Waals surface area contributed by atoms with Crippen molar-refractivity contribution in [3.05, 3.63) is 41.9 Å². The molecule has 1 aromatic rings. The summed E-state index contributed by atoms with van der Waals surface area (Å²) in [6.07, 6.45) is 4.68. The van der Waals surface area contributed by atoms with E-state index in [1.165, 1.54) is 19.4 Å². The summed E-state index contributed by atoms with van der Waals surface area (Å²) in [4.78, 5) is 2.57. The molecule has 3 heterocycles. The van der Waals surface area contributed by atoms with Crippen LogP contribution in [0.3, 0.4) is 0 Å². The lowest BCUT2D eigenvalue weighted by Crippen LogP contribution is -2.56. The van der Waals surface area contributed by atoms with Crippen LogP contribution in [0.15, 0.2) is 36.9 Å². The predicted octanol–water partition coefficient (Wildman–Crippen LogP) is 3.52. The number of rotatable bonds is 4. The highest BCUT2D eigenvalue weighted by Gasteiger charge is 2.38. The minimum Gasteiger partial charge on any atom is -0.361 e. The van der Waals surface area contributed by atoms with Gasteiger partial charge in [-0.25, -0.2) is 0 Å². The number of nitrogens with zero attached hydrogens (tertiary/aromatic N) is 1. The number of thiocarbonyl (C=S) groups is 1. The van der Waals surface area contributed by atoms with Crippen molar-refractivity contribution < 1.29 is 0 Å². The van der Waals surface area contributed by atoms with Gasteiger partial charge in [0, 0.05) is 29.8 Å². The quantitative estimate of drug-likeness (QED) is 0.650. The molecule has 22 heavy (non-hydrogen) atoms. The molecular weight excluding hydrogens is 314 g/mol. The Balaban J connectivity index is 1.47. The molecule has 3 saturated heterocycles. The van der Waals surface area contributed by atoms with Crippen LogP contribution in [0.25, 0.3) is 0 Å². The van der Waals surface area contributed by atoms with Crippen LogP contribution in [0.5, 0.6) is 0 Å². The zero-order chi connectivity index (χ0) is 15.5. The third-order valence-corrected chi connectivity index (χ3v) is 5.33.